The first-order valence-corrected chi connectivity index (χ1v) is 8.18. The minimum atomic E-state index is -2.89. The van der Waals surface area contributed by atoms with Crippen molar-refractivity contribution >= 4 is 11.4 Å². The molecule has 0 aliphatic heterocycles. The van der Waals surface area contributed by atoms with Crippen LogP contribution in [0.25, 0.3) is 11.5 Å². The van der Waals surface area contributed by atoms with Crippen LogP contribution in [-0.4, -0.2) is 15.3 Å². The Balaban J connectivity index is 1.86. The van der Waals surface area contributed by atoms with Crippen LogP contribution in [0.2, 0.25) is 0 Å². The molecule has 2 N–H and O–H groups in total. The molecule has 2 aromatic carbocycles. The van der Waals surface area contributed by atoms with E-state index < -0.39 is 12.0 Å². The highest BCUT2D eigenvalue weighted by molar-refractivity contribution is 5.76. The Kier molecular flexibility index (Phi) is 5.19. The van der Waals surface area contributed by atoms with Gasteiger partial charge >= 0.3 is 0 Å². The summed E-state index contributed by atoms with van der Waals surface area (Å²) in [5.41, 5.74) is 1.82. The van der Waals surface area contributed by atoms with Crippen molar-refractivity contribution in [3.05, 3.63) is 60.0 Å². The molecule has 0 radical (unpaired) electrons. The van der Waals surface area contributed by atoms with E-state index in [2.05, 4.69) is 21.4 Å². The lowest BCUT2D eigenvalue weighted by molar-refractivity contribution is 0.0175. The molecular formula is C20H17F2N3O2. The Morgan fingerprint density at radius 3 is 2.56 bits per heavy atom. The summed E-state index contributed by atoms with van der Waals surface area (Å²) >= 11 is 0. The van der Waals surface area contributed by atoms with Crippen molar-refractivity contribution in [1.82, 2.24) is 10.2 Å². The Morgan fingerprint density at radius 2 is 1.89 bits per heavy atom. The van der Waals surface area contributed by atoms with Gasteiger partial charge in [0.1, 0.15) is 6.10 Å². The average molecular weight is 369 g/mol. The number of hydrogen-bond donors (Lipinski definition) is 2. The molecule has 1 heterocycles. The van der Waals surface area contributed by atoms with Crippen LogP contribution in [-0.2, 0) is 5.92 Å². The molecule has 1 atom stereocenters. The van der Waals surface area contributed by atoms with E-state index in [-0.39, 0.29) is 23.8 Å². The third-order valence-corrected chi connectivity index (χ3v) is 3.87. The maximum atomic E-state index is 13.3. The van der Waals surface area contributed by atoms with Crippen molar-refractivity contribution in [2.24, 2.45) is 0 Å². The topological polar surface area (TPSA) is 71.2 Å². The number of alkyl halides is 2. The molecule has 27 heavy (non-hydrogen) atoms. The second kappa shape index (κ2) is 7.56. The first-order chi connectivity index (χ1) is 12.9. The minimum Gasteiger partial charge on any atom is -0.418 e. The van der Waals surface area contributed by atoms with Crippen molar-refractivity contribution in [2.75, 3.05) is 5.32 Å². The van der Waals surface area contributed by atoms with Gasteiger partial charge < -0.3 is 14.8 Å². The van der Waals surface area contributed by atoms with Crippen molar-refractivity contribution < 1.29 is 18.3 Å². The first kappa shape index (κ1) is 18.5. The number of nitrogens with zero attached hydrogens (tertiary/aromatic N) is 2. The smallest absolute Gasteiger partial charge is 0.270 e. The molecular weight excluding hydrogens is 352 g/mol. The zero-order valence-electron chi connectivity index (χ0n) is 14.5. The van der Waals surface area contributed by atoms with Gasteiger partial charge in [-0.05, 0) is 24.3 Å². The Bertz CT molecular complexity index is 956. The zero-order valence-corrected chi connectivity index (χ0v) is 14.5. The molecule has 1 unspecified atom stereocenters. The highest BCUT2D eigenvalue weighted by Crippen LogP contribution is 2.32. The molecule has 3 rings (SSSR count). The van der Waals surface area contributed by atoms with Gasteiger partial charge in [0.2, 0.25) is 11.8 Å². The maximum Gasteiger partial charge on any atom is 0.270 e. The van der Waals surface area contributed by atoms with E-state index in [1.54, 1.807) is 30.3 Å². The number of rotatable bonds is 6. The number of halogens is 2. The molecule has 0 aliphatic carbocycles. The zero-order chi connectivity index (χ0) is 19.4. The Morgan fingerprint density at radius 1 is 1.19 bits per heavy atom. The highest BCUT2D eigenvalue weighted by Gasteiger charge is 2.23. The summed E-state index contributed by atoms with van der Waals surface area (Å²) in [4.78, 5) is 0. The number of benzene rings is 2. The fourth-order valence-corrected chi connectivity index (χ4v) is 2.46. The molecule has 0 saturated carbocycles. The van der Waals surface area contributed by atoms with Crippen LogP contribution < -0.4 is 5.32 Å². The van der Waals surface area contributed by atoms with Gasteiger partial charge in [0.25, 0.3) is 5.92 Å². The average Bonchev–Trinajstić information content (AvgIpc) is 3.12. The number of terminal acetylenes is 1. The molecule has 0 saturated heterocycles. The summed E-state index contributed by atoms with van der Waals surface area (Å²) in [5.74, 6) is -0.319. The fraction of sp³-hybridized carbons (Fsp3) is 0.200. The van der Waals surface area contributed by atoms with Crippen LogP contribution in [0.1, 0.15) is 30.9 Å². The van der Waals surface area contributed by atoms with Gasteiger partial charge in [0, 0.05) is 24.6 Å². The fourth-order valence-electron chi connectivity index (χ4n) is 2.46. The first-order valence-electron chi connectivity index (χ1n) is 8.18. The van der Waals surface area contributed by atoms with Crippen LogP contribution >= 0.6 is 0 Å². The summed E-state index contributed by atoms with van der Waals surface area (Å²) < 4.78 is 32.2. The van der Waals surface area contributed by atoms with Crippen molar-refractivity contribution in [3.8, 4) is 23.8 Å². The molecule has 3 aromatic rings. The standard InChI is InChI=1S/C20H17F2N3O2/c1-3-6-17(26)19-25-24-18(27-19)15-7-4-5-8-16(15)23-14-11-9-13(10-12-14)20(2,21)22/h1,4-5,7-12,17,23,26H,6H2,2H3. The van der Waals surface area contributed by atoms with Crippen LogP contribution in [0.3, 0.4) is 0 Å². The van der Waals surface area contributed by atoms with Gasteiger partial charge in [0.15, 0.2) is 0 Å². The third-order valence-electron chi connectivity index (χ3n) is 3.87. The van der Waals surface area contributed by atoms with Gasteiger partial charge in [-0.3, -0.25) is 0 Å². The number of para-hydroxylation sites is 1. The number of aromatic nitrogens is 2. The van der Waals surface area contributed by atoms with E-state index in [1.165, 1.54) is 12.1 Å². The summed E-state index contributed by atoms with van der Waals surface area (Å²) in [6, 6.07) is 13.0. The van der Waals surface area contributed by atoms with E-state index in [0.29, 0.717) is 16.9 Å². The van der Waals surface area contributed by atoms with E-state index in [9.17, 15) is 13.9 Å². The molecule has 0 fully saturated rings. The summed E-state index contributed by atoms with van der Waals surface area (Å²) in [6.07, 6.45) is 4.21. The van der Waals surface area contributed by atoms with Crippen molar-refractivity contribution in [2.45, 2.75) is 25.4 Å². The molecule has 7 heteroatoms. The lowest BCUT2D eigenvalue weighted by atomic mass is 10.1. The summed E-state index contributed by atoms with van der Waals surface area (Å²) in [6.45, 7) is 0.854. The quantitative estimate of drug-likeness (QED) is 0.619. The van der Waals surface area contributed by atoms with Gasteiger partial charge in [0.05, 0.1) is 11.3 Å². The van der Waals surface area contributed by atoms with Gasteiger partial charge in [-0.1, -0.05) is 24.3 Å². The molecule has 0 aliphatic rings. The van der Waals surface area contributed by atoms with Crippen molar-refractivity contribution in [1.29, 1.82) is 0 Å². The van der Waals surface area contributed by atoms with Gasteiger partial charge in [-0.2, -0.15) is 0 Å². The molecule has 0 amide bonds. The largest absolute Gasteiger partial charge is 0.418 e. The number of hydrogen-bond acceptors (Lipinski definition) is 5. The predicted molar refractivity (Wildman–Crippen MR) is 97.4 cm³/mol. The number of nitrogens with one attached hydrogen (secondary N) is 1. The second-order valence-corrected chi connectivity index (χ2v) is 6.01. The summed E-state index contributed by atoms with van der Waals surface area (Å²) in [5, 5.41) is 20.8. The van der Waals surface area contributed by atoms with Crippen LogP contribution in [0.4, 0.5) is 20.2 Å². The molecule has 1 aromatic heterocycles. The monoisotopic (exact) mass is 369 g/mol. The SMILES string of the molecule is C#CCC(O)c1nnc(-c2ccccc2Nc2ccc(C(C)(F)F)cc2)o1. The van der Waals surface area contributed by atoms with Crippen LogP contribution in [0.5, 0.6) is 0 Å². The van der Waals surface area contributed by atoms with Gasteiger partial charge in [-0.25, -0.2) is 8.78 Å². The van der Waals surface area contributed by atoms with Crippen molar-refractivity contribution in [3.63, 3.8) is 0 Å². The number of aliphatic hydroxyl groups is 1. The van der Waals surface area contributed by atoms with E-state index in [0.717, 1.165) is 6.92 Å². The molecule has 0 spiro atoms. The normalized spacial score (nSPS) is 12.4. The summed E-state index contributed by atoms with van der Waals surface area (Å²) in [7, 11) is 0. The van der Waals surface area contributed by atoms with Gasteiger partial charge in [-0.15, -0.1) is 22.5 Å². The lowest BCUT2D eigenvalue weighted by Gasteiger charge is -2.13. The third kappa shape index (κ3) is 4.30. The molecule has 0 bridgehead atoms. The van der Waals surface area contributed by atoms with E-state index in [4.69, 9.17) is 10.8 Å². The van der Waals surface area contributed by atoms with E-state index in [1.807, 2.05) is 6.07 Å². The maximum absolute atomic E-state index is 13.3. The predicted octanol–water partition coefficient (Wildman–Crippen LogP) is 4.65. The molecule has 138 valence electrons. The number of anilines is 2. The molecule has 5 nitrogen and oxygen atoms in total. The van der Waals surface area contributed by atoms with Crippen LogP contribution in [0, 0.1) is 12.3 Å². The Labute approximate surface area is 155 Å². The van der Waals surface area contributed by atoms with E-state index >= 15 is 0 Å². The minimum absolute atomic E-state index is 0.0345. The lowest BCUT2D eigenvalue weighted by Crippen LogP contribution is -2.06. The highest BCUT2D eigenvalue weighted by atomic mass is 19.3. The second-order valence-electron chi connectivity index (χ2n) is 6.01. The van der Waals surface area contributed by atoms with Crippen LogP contribution in [0.15, 0.2) is 52.9 Å². The Hall–Kier alpha value is -3.24. The number of aliphatic hydroxyl groups excluding tert-OH is 1.